The van der Waals surface area contributed by atoms with E-state index in [0.29, 0.717) is 13.2 Å². The second-order valence-electron chi connectivity index (χ2n) is 4.39. The first-order chi connectivity index (χ1) is 9.19. The van der Waals surface area contributed by atoms with Crippen LogP contribution in [-0.2, 0) is 11.2 Å². The van der Waals surface area contributed by atoms with Gasteiger partial charge in [-0.15, -0.1) is 0 Å². The van der Waals surface area contributed by atoms with Gasteiger partial charge < -0.3 is 15.4 Å². The zero-order valence-corrected chi connectivity index (χ0v) is 12.1. The molecule has 0 aliphatic rings. The van der Waals surface area contributed by atoms with Crippen molar-refractivity contribution in [2.75, 3.05) is 25.1 Å². The monoisotopic (exact) mass is 264 g/mol. The Balaban J connectivity index is 2.44. The molecular formula is C15H24N2O2. The summed E-state index contributed by atoms with van der Waals surface area (Å²) in [5.41, 5.74) is 3.17. The molecule has 4 heteroatoms. The number of para-hydroxylation sites is 1. The number of anilines is 1. The maximum atomic E-state index is 11.8. The molecule has 0 heterocycles. The van der Waals surface area contributed by atoms with Gasteiger partial charge in [0.2, 0.25) is 0 Å². The first-order valence-corrected chi connectivity index (χ1v) is 6.90. The number of nitrogens with one attached hydrogen (secondary N) is 2. The van der Waals surface area contributed by atoms with Crippen molar-refractivity contribution < 1.29 is 9.53 Å². The summed E-state index contributed by atoms with van der Waals surface area (Å²) in [6, 6.07) is 5.90. The van der Waals surface area contributed by atoms with Crippen LogP contribution in [0, 0.1) is 6.92 Å². The lowest BCUT2D eigenvalue weighted by atomic mass is 10.1. The first kappa shape index (κ1) is 15.5. The molecule has 0 atom stereocenters. The Kier molecular flexibility index (Phi) is 6.97. The minimum atomic E-state index is -0.152. The highest BCUT2D eigenvalue weighted by Crippen LogP contribution is 2.20. The van der Waals surface area contributed by atoms with Crippen LogP contribution in [0.15, 0.2) is 18.2 Å². The smallest absolute Gasteiger partial charge is 0.319 e. The lowest BCUT2D eigenvalue weighted by molar-refractivity contribution is 0.145. The molecule has 0 radical (unpaired) electrons. The van der Waals surface area contributed by atoms with Crippen molar-refractivity contribution in [3.05, 3.63) is 29.3 Å². The minimum absolute atomic E-state index is 0.152. The number of rotatable bonds is 7. The first-order valence-electron chi connectivity index (χ1n) is 6.90. The average molecular weight is 264 g/mol. The highest BCUT2D eigenvalue weighted by molar-refractivity contribution is 5.91. The normalized spacial score (nSPS) is 10.3. The van der Waals surface area contributed by atoms with E-state index in [-0.39, 0.29) is 6.03 Å². The van der Waals surface area contributed by atoms with Gasteiger partial charge in [0.1, 0.15) is 0 Å². The largest absolute Gasteiger partial charge is 0.382 e. The van der Waals surface area contributed by atoms with E-state index >= 15 is 0 Å². The van der Waals surface area contributed by atoms with Crippen molar-refractivity contribution in [2.24, 2.45) is 0 Å². The second-order valence-corrected chi connectivity index (χ2v) is 4.39. The van der Waals surface area contributed by atoms with E-state index in [9.17, 15) is 4.79 Å². The van der Waals surface area contributed by atoms with Gasteiger partial charge in [0.25, 0.3) is 0 Å². The maximum Gasteiger partial charge on any atom is 0.319 e. The predicted molar refractivity (Wildman–Crippen MR) is 78.7 cm³/mol. The Morgan fingerprint density at radius 3 is 2.79 bits per heavy atom. The lowest BCUT2D eigenvalue weighted by Crippen LogP contribution is -2.30. The summed E-state index contributed by atoms with van der Waals surface area (Å²) in [5.74, 6) is 0. The third-order valence-electron chi connectivity index (χ3n) is 2.93. The summed E-state index contributed by atoms with van der Waals surface area (Å²) in [6.45, 7) is 8.07. The van der Waals surface area contributed by atoms with Gasteiger partial charge in [0.05, 0.1) is 0 Å². The number of ether oxygens (including phenoxy) is 1. The molecular weight excluding hydrogens is 240 g/mol. The molecule has 19 heavy (non-hydrogen) atoms. The van der Waals surface area contributed by atoms with Crippen LogP contribution >= 0.6 is 0 Å². The fourth-order valence-electron chi connectivity index (χ4n) is 1.88. The summed E-state index contributed by atoms with van der Waals surface area (Å²) in [4.78, 5) is 11.8. The quantitative estimate of drug-likeness (QED) is 0.743. The molecule has 0 aliphatic heterocycles. The van der Waals surface area contributed by atoms with Gasteiger partial charge in [-0.2, -0.15) is 0 Å². The van der Waals surface area contributed by atoms with Crippen LogP contribution in [0.25, 0.3) is 0 Å². The molecule has 4 nitrogen and oxygen atoms in total. The van der Waals surface area contributed by atoms with Crippen molar-refractivity contribution in [3.8, 4) is 0 Å². The Morgan fingerprint density at radius 2 is 2.11 bits per heavy atom. The van der Waals surface area contributed by atoms with Gasteiger partial charge in [-0.1, -0.05) is 25.1 Å². The second kappa shape index (κ2) is 8.53. The molecule has 0 aliphatic carbocycles. The minimum Gasteiger partial charge on any atom is -0.382 e. The summed E-state index contributed by atoms with van der Waals surface area (Å²) in [6.07, 6.45) is 1.73. The third kappa shape index (κ3) is 5.30. The van der Waals surface area contributed by atoms with Gasteiger partial charge in [0, 0.05) is 25.4 Å². The van der Waals surface area contributed by atoms with Crippen LogP contribution in [0.3, 0.4) is 0 Å². The number of urea groups is 1. The molecule has 0 bridgehead atoms. The van der Waals surface area contributed by atoms with Gasteiger partial charge in [-0.3, -0.25) is 0 Å². The molecule has 106 valence electrons. The van der Waals surface area contributed by atoms with E-state index in [1.54, 1.807) is 0 Å². The van der Waals surface area contributed by atoms with Crippen molar-refractivity contribution in [1.82, 2.24) is 5.32 Å². The number of hydrogen-bond donors (Lipinski definition) is 2. The third-order valence-corrected chi connectivity index (χ3v) is 2.93. The van der Waals surface area contributed by atoms with Crippen LogP contribution in [-0.4, -0.2) is 25.8 Å². The van der Waals surface area contributed by atoms with Gasteiger partial charge in [-0.05, 0) is 37.8 Å². The van der Waals surface area contributed by atoms with Gasteiger partial charge in [0.15, 0.2) is 0 Å². The van der Waals surface area contributed by atoms with Crippen LogP contribution in [0.2, 0.25) is 0 Å². The number of carbonyl (C=O) groups is 1. The number of hydrogen-bond acceptors (Lipinski definition) is 2. The summed E-state index contributed by atoms with van der Waals surface area (Å²) >= 11 is 0. The Morgan fingerprint density at radius 1 is 1.32 bits per heavy atom. The number of carbonyl (C=O) groups excluding carboxylic acids is 1. The lowest BCUT2D eigenvalue weighted by Gasteiger charge is -2.13. The van der Waals surface area contributed by atoms with E-state index in [2.05, 4.69) is 17.6 Å². The fourth-order valence-corrected chi connectivity index (χ4v) is 1.88. The molecule has 2 amide bonds. The fraction of sp³-hybridized carbons (Fsp3) is 0.533. The van der Waals surface area contributed by atoms with Gasteiger partial charge in [-0.25, -0.2) is 4.79 Å². The molecule has 2 N–H and O–H groups in total. The van der Waals surface area contributed by atoms with E-state index in [4.69, 9.17) is 4.74 Å². The maximum absolute atomic E-state index is 11.8. The molecule has 0 spiro atoms. The zero-order chi connectivity index (χ0) is 14.1. The van der Waals surface area contributed by atoms with Crippen molar-refractivity contribution in [1.29, 1.82) is 0 Å². The van der Waals surface area contributed by atoms with E-state index in [1.165, 1.54) is 0 Å². The average Bonchev–Trinajstić information content (AvgIpc) is 2.41. The molecule has 0 aromatic heterocycles. The number of benzene rings is 1. The van der Waals surface area contributed by atoms with Crippen molar-refractivity contribution in [3.63, 3.8) is 0 Å². The van der Waals surface area contributed by atoms with Crippen LogP contribution < -0.4 is 10.6 Å². The van der Waals surface area contributed by atoms with Gasteiger partial charge >= 0.3 is 6.03 Å². The summed E-state index contributed by atoms with van der Waals surface area (Å²) in [7, 11) is 0. The zero-order valence-electron chi connectivity index (χ0n) is 12.1. The summed E-state index contributed by atoms with van der Waals surface area (Å²) in [5, 5.41) is 5.77. The molecule has 1 aromatic carbocycles. The Labute approximate surface area is 115 Å². The highest BCUT2D eigenvalue weighted by Gasteiger charge is 2.07. The highest BCUT2D eigenvalue weighted by atomic mass is 16.5. The molecule has 0 fully saturated rings. The topological polar surface area (TPSA) is 50.4 Å². The van der Waals surface area contributed by atoms with E-state index in [0.717, 1.165) is 36.3 Å². The van der Waals surface area contributed by atoms with Crippen LogP contribution in [0.4, 0.5) is 10.5 Å². The molecule has 0 saturated carbocycles. The molecule has 1 rings (SSSR count). The van der Waals surface area contributed by atoms with Crippen LogP contribution in [0.1, 0.15) is 31.4 Å². The molecule has 0 saturated heterocycles. The van der Waals surface area contributed by atoms with Crippen molar-refractivity contribution in [2.45, 2.75) is 33.6 Å². The van der Waals surface area contributed by atoms with Crippen LogP contribution in [0.5, 0.6) is 0 Å². The van der Waals surface area contributed by atoms with E-state index in [1.807, 2.05) is 32.0 Å². The Hall–Kier alpha value is -1.55. The molecule has 0 unspecified atom stereocenters. The standard InChI is InChI=1S/C15H24N2O2/c1-4-13-9-6-8-12(3)14(13)17-15(18)16-10-7-11-19-5-2/h6,8-9H,4-5,7,10-11H2,1-3H3,(H2,16,17,18). The predicted octanol–water partition coefficient (Wildman–Crippen LogP) is 3.11. The van der Waals surface area contributed by atoms with Crippen molar-refractivity contribution >= 4 is 11.7 Å². The van der Waals surface area contributed by atoms with E-state index < -0.39 is 0 Å². The summed E-state index contributed by atoms with van der Waals surface area (Å²) < 4.78 is 5.22. The Bertz CT molecular complexity index is 405. The number of amides is 2. The number of aryl methyl sites for hydroxylation is 2. The molecule has 1 aromatic rings. The SMILES string of the molecule is CCOCCCNC(=O)Nc1c(C)cccc1CC.